The molecule has 0 bridgehead atoms. The molecular formula is C45H73O9P. The van der Waals surface area contributed by atoms with Gasteiger partial charge in [0.1, 0.15) is 6.61 Å². The largest absolute Gasteiger partial charge is 0.469 e. The van der Waals surface area contributed by atoms with Gasteiger partial charge < -0.3 is 24.4 Å². The fourth-order valence-corrected chi connectivity index (χ4v) is 5.43. The van der Waals surface area contributed by atoms with Crippen LogP contribution in [0.2, 0.25) is 0 Å². The van der Waals surface area contributed by atoms with Crippen molar-refractivity contribution in [2.24, 2.45) is 0 Å². The van der Waals surface area contributed by atoms with Crippen molar-refractivity contribution in [2.75, 3.05) is 13.2 Å². The third kappa shape index (κ3) is 41.9. The Balaban J connectivity index is 4.14. The molecule has 0 aromatic carbocycles. The zero-order chi connectivity index (χ0) is 40.5. The van der Waals surface area contributed by atoms with Gasteiger partial charge in [0.2, 0.25) is 0 Å². The molecule has 2 atom stereocenters. The molecule has 0 saturated carbocycles. The molecule has 0 heterocycles. The van der Waals surface area contributed by atoms with E-state index in [1.807, 2.05) is 18.2 Å². The number of esters is 2. The summed E-state index contributed by atoms with van der Waals surface area (Å²) < 4.78 is 26.3. The van der Waals surface area contributed by atoms with E-state index in [-0.39, 0.29) is 25.6 Å². The van der Waals surface area contributed by atoms with Gasteiger partial charge in [-0.25, -0.2) is 4.57 Å². The van der Waals surface area contributed by atoms with Gasteiger partial charge in [0.25, 0.3) is 0 Å². The predicted octanol–water partition coefficient (Wildman–Crippen LogP) is 11.6. The van der Waals surface area contributed by atoms with Crippen molar-refractivity contribution in [1.82, 2.24) is 0 Å². The molecule has 3 N–H and O–H groups in total. The second-order valence-corrected chi connectivity index (χ2v) is 14.7. The fourth-order valence-electron chi connectivity index (χ4n) is 5.07. The normalized spacial score (nSPS) is 14.1. The van der Waals surface area contributed by atoms with Crippen LogP contribution < -0.4 is 0 Å². The highest BCUT2D eigenvalue weighted by Gasteiger charge is 2.22. The lowest BCUT2D eigenvalue weighted by Gasteiger charge is -2.18. The van der Waals surface area contributed by atoms with Crippen LogP contribution in [-0.4, -0.2) is 52.3 Å². The highest BCUT2D eigenvalue weighted by Crippen LogP contribution is 2.36. The Kier molecular flexibility index (Phi) is 37.0. The number of hydrogen-bond acceptors (Lipinski definition) is 7. The molecule has 0 amide bonds. The van der Waals surface area contributed by atoms with Gasteiger partial charge in [-0.05, 0) is 96.3 Å². The lowest BCUT2D eigenvalue weighted by molar-refractivity contribution is -0.161. The summed E-state index contributed by atoms with van der Waals surface area (Å²) in [5, 5.41) is 9.70. The number of allylic oxidation sites excluding steroid dienone is 15. The van der Waals surface area contributed by atoms with Gasteiger partial charge in [-0.2, -0.15) is 0 Å². The van der Waals surface area contributed by atoms with Gasteiger partial charge in [-0.3, -0.25) is 14.1 Å². The Morgan fingerprint density at radius 1 is 0.545 bits per heavy atom. The van der Waals surface area contributed by atoms with Gasteiger partial charge in [0.05, 0.1) is 12.7 Å². The summed E-state index contributed by atoms with van der Waals surface area (Å²) in [5.74, 6) is -1.02. The van der Waals surface area contributed by atoms with Gasteiger partial charge >= 0.3 is 19.8 Å². The smallest absolute Gasteiger partial charge is 0.462 e. The van der Waals surface area contributed by atoms with E-state index in [9.17, 15) is 19.3 Å². The van der Waals surface area contributed by atoms with Crippen LogP contribution in [0.15, 0.2) is 97.2 Å². The quantitative estimate of drug-likeness (QED) is 0.0245. The molecule has 1 unspecified atom stereocenters. The molecule has 312 valence electrons. The van der Waals surface area contributed by atoms with Crippen LogP contribution in [0, 0.1) is 0 Å². The number of hydrogen-bond donors (Lipinski definition) is 3. The summed E-state index contributed by atoms with van der Waals surface area (Å²) in [7, 11) is -4.79. The van der Waals surface area contributed by atoms with E-state index in [0.717, 1.165) is 70.6 Å². The van der Waals surface area contributed by atoms with Crippen molar-refractivity contribution in [2.45, 2.75) is 161 Å². The molecule has 0 aliphatic heterocycles. The summed E-state index contributed by atoms with van der Waals surface area (Å²) in [6.07, 6.45) is 50.5. The van der Waals surface area contributed by atoms with Crippen molar-refractivity contribution in [3.63, 3.8) is 0 Å². The highest BCUT2D eigenvalue weighted by atomic mass is 31.2. The van der Waals surface area contributed by atoms with E-state index in [1.165, 1.54) is 25.7 Å². The van der Waals surface area contributed by atoms with E-state index in [1.54, 1.807) is 0 Å². The summed E-state index contributed by atoms with van der Waals surface area (Å²) in [6, 6.07) is 0. The van der Waals surface area contributed by atoms with Crippen molar-refractivity contribution < 1.29 is 43.0 Å². The number of carbonyl (C=O) groups excluding carboxylic acids is 2. The fraction of sp³-hybridized carbons (Fsp3) is 0.600. The molecule has 0 aromatic rings. The molecule has 0 rings (SSSR count). The molecule has 55 heavy (non-hydrogen) atoms. The summed E-state index contributed by atoms with van der Waals surface area (Å²) in [5.41, 5.74) is 0. The maximum atomic E-state index is 12.4. The van der Waals surface area contributed by atoms with E-state index in [2.05, 4.69) is 97.4 Å². The van der Waals surface area contributed by atoms with Gasteiger partial charge in [-0.15, -0.1) is 0 Å². The molecule has 0 fully saturated rings. The Bertz CT molecular complexity index is 1220. The molecule has 0 saturated heterocycles. The van der Waals surface area contributed by atoms with Crippen LogP contribution in [0.4, 0.5) is 0 Å². The van der Waals surface area contributed by atoms with Crippen LogP contribution in [0.5, 0.6) is 0 Å². The van der Waals surface area contributed by atoms with Gasteiger partial charge in [-0.1, -0.05) is 137 Å². The first-order chi connectivity index (χ1) is 26.7. The second-order valence-electron chi connectivity index (χ2n) is 13.4. The number of ether oxygens (including phenoxy) is 2. The Hall–Kier alpha value is -3.07. The van der Waals surface area contributed by atoms with E-state index >= 15 is 0 Å². The standard InChI is InChI=1S/C45H73O9P/c1-3-5-6-7-8-9-10-11-12-13-14-15-16-19-23-26-29-32-35-39-45(48)54-43(41-53-55(49,50)51)40-52-44(47)38-34-31-28-25-22-20-17-18-21-24-27-30-33-37-42(46)36-4-2/h8-9,11-12,14-15,17,19-21,23-25,28,30,33,42-43,46H,3-7,10,13,16,18,22,26-27,29,31-32,34-41H2,1-2H3,(H2,49,50,51)/b9-8-,12-11-,15-14-,20-17-,23-19-,24-21-,28-25-,33-30-/t42?,43-/m1/s1. The number of phosphoric acid groups is 1. The van der Waals surface area contributed by atoms with Crippen LogP contribution in [0.1, 0.15) is 149 Å². The monoisotopic (exact) mass is 788 g/mol. The van der Waals surface area contributed by atoms with E-state index in [0.29, 0.717) is 25.7 Å². The lowest BCUT2D eigenvalue weighted by Crippen LogP contribution is -2.29. The number of rotatable bonds is 36. The van der Waals surface area contributed by atoms with Gasteiger partial charge in [0.15, 0.2) is 6.10 Å². The minimum Gasteiger partial charge on any atom is -0.462 e. The molecule has 0 aliphatic rings. The second kappa shape index (κ2) is 39.2. The lowest BCUT2D eigenvalue weighted by atomic mass is 10.1. The van der Waals surface area contributed by atoms with E-state index < -0.39 is 32.5 Å². The molecule has 0 aromatic heterocycles. The van der Waals surface area contributed by atoms with Crippen LogP contribution in [-0.2, 0) is 28.2 Å². The minimum absolute atomic E-state index is 0.149. The highest BCUT2D eigenvalue weighted by molar-refractivity contribution is 7.46. The number of carbonyl (C=O) groups is 2. The first-order valence-corrected chi connectivity index (χ1v) is 22.1. The SMILES string of the molecule is CCCCC/C=C\C/C=C\C/C=C\C/C=C\CCCCCC(=O)O[C@H](COC(=O)CCC/C=C\C/C=C\C/C=C\C/C=C\CC(O)CCC)COP(=O)(O)O. The average molecular weight is 789 g/mol. The maximum absolute atomic E-state index is 12.4. The summed E-state index contributed by atoms with van der Waals surface area (Å²) in [4.78, 5) is 42.8. The maximum Gasteiger partial charge on any atom is 0.469 e. The first kappa shape index (κ1) is 51.9. The van der Waals surface area contributed by atoms with Crippen molar-refractivity contribution >= 4 is 19.8 Å². The summed E-state index contributed by atoms with van der Waals surface area (Å²) in [6.45, 7) is 3.37. The Labute approximate surface area is 333 Å². The number of unbranched alkanes of at least 4 members (excludes halogenated alkanes) is 7. The molecule has 0 aliphatic carbocycles. The van der Waals surface area contributed by atoms with Crippen LogP contribution in [0.3, 0.4) is 0 Å². The van der Waals surface area contributed by atoms with Crippen molar-refractivity contribution in [1.29, 1.82) is 0 Å². The average Bonchev–Trinajstić information content (AvgIpc) is 3.15. The van der Waals surface area contributed by atoms with Crippen LogP contribution in [0.25, 0.3) is 0 Å². The zero-order valence-corrected chi connectivity index (χ0v) is 34.8. The molecule has 9 nitrogen and oxygen atoms in total. The molecular weight excluding hydrogens is 715 g/mol. The van der Waals surface area contributed by atoms with Crippen LogP contribution >= 0.6 is 7.82 Å². The molecule has 0 radical (unpaired) electrons. The number of phosphoric ester groups is 1. The van der Waals surface area contributed by atoms with Crippen molar-refractivity contribution in [3.8, 4) is 0 Å². The first-order valence-electron chi connectivity index (χ1n) is 20.6. The molecule has 0 spiro atoms. The third-order valence-corrected chi connectivity index (χ3v) is 8.62. The zero-order valence-electron chi connectivity index (χ0n) is 33.9. The number of aliphatic hydroxyl groups excluding tert-OH is 1. The predicted molar refractivity (Wildman–Crippen MR) is 226 cm³/mol. The van der Waals surface area contributed by atoms with Crippen molar-refractivity contribution in [3.05, 3.63) is 97.2 Å². The number of aliphatic hydroxyl groups is 1. The topological polar surface area (TPSA) is 140 Å². The Morgan fingerprint density at radius 2 is 1.00 bits per heavy atom. The Morgan fingerprint density at radius 3 is 1.49 bits per heavy atom. The van der Waals surface area contributed by atoms with E-state index in [4.69, 9.17) is 19.3 Å². The summed E-state index contributed by atoms with van der Waals surface area (Å²) >= 11 is 0. The molecule has 10 heteroatoms. The minimum atomic E-state index is -4.79. The van der Waals surface area contributed by atoms with Gasteiger partial charge in [0, 0.05) is 12.8 Å². The third-order valence-electron chi connectivity index (χ3n) is 8.13.